The number of hydrogen-bond donors (Lipinski definition) is 2. The van der Waals surface area contributed by atoms with E-state index in [2.05, 4.69) is 25.7 Å². The SMILES string of the molecule is Cc1cc(C)nc(NCC2CCn3ncc(C(=O)NC(C)C)c3C2)n1. The Balaban J connectivity index is 1.66. The second-order valence-corrected chi connectivity index (χ2v) is 7.07. The molecule has 1 aliphatic heterocycles. The van der Waals surface area contributed by atoms with Crippen molar-refractivity contribution in [3.05, 3.63) is 34.9 Å². The van der Waals surface area contributed by atoms with Crippen LogP contribution in [0.5, 0.6) is 0 Å². The van der Waals surface area contributed by atoms with Gasteiger partial charge in [-0.15, -0.1) is 0 Å². The molecule has 2 aromatic heterocycles. The highest BCUT2D eigenvalue weighted by molar-refractivity contribution is 5.95. The van der Waals surface area contributed by atoms with E-state index >= 15 is 0 Å². The molecular weight excluding hydrogens is 316 g/mol. The van der Waals surface area contributed by atoms with Gasteiger partial charge >= 0.3 is 0 Å². The zero-order valence-electron chi connectivity index (χ0n) is 15.3. The molecule has 7 heteroatoms. The summed E-state index contributed by atoms with van der Waals surface area (Å²) >= 11 is 0. The third-order valence-corrected chi connectivity index (χ3v) is 4.38. The van der Waals surface area contributed by atoms with E-state index in [1.807, 2.05) is 38.4 Å². The molecule has 0 aromatic carbocycles. The number of nitrogens with one attached hydrogen (secondary N) is 2. The van der Waals surface area contributed by atoms with Crippen LogP contribution in [0.2, 0.25) is 0 Å². The molecule has 0 saturated heterocycles. The van der Waals surface area contributed by atoms with E-state index < -0.39 is 0 Å². The molecule has 3 heterocycles. The van der Waals surface area contributed by atoms with Gasteiger partial charge in [0.25, 0.3) is 5.91 Å². The number of amides is 1. The number of aryl methyl sites for hydroxylation is 3. The summed E-state index contributed by atoms with van der Waals surface area (Å²) in [6.07, 6.45) is 3.55. The summed E-state index contributed by atoms with van der Waals surface area (Å²) in [6.45, 7) is 9.50. The third kappa shape index (κ3) is 4.15. The Labute approximate surface area is 148 Å². The summed E-state index contributed by atoms with van der Waals surface area (Å²) in [5.41, 5.74) is 3.65. The lowest BCUT2D eigenvalue weighted by molar-refractivity contribution is 0.0941. The molecule has 25 heavy (non-hydrogen) atoms. The highest BCUT2D eigenvalue weighted by Gasteiger charge is 2.25. The second kappa shape index (κ2) is 7.21. The van der Waals surface area contributed by atoms with Crippen molar-refractivity contribution in [2.75, 3.05) is 11.9 Å². The van der Waals surface area contributed by atoms with Crippen LogP contribution in [0.25, 0.3) is 0 Å². The van der Waals surface area contributed by atoms with E-state index in [4.69, 9.17) is 0 Å². The number of carbonyl (C=O) groups excluding carboxylic acids is 1. The lowest BCUT2D eigenvalue weighted by Gasteiger charge is -2.24. The number of aromatic nitrogens is 4. The van der Waals surface area contributed by atoms with Gasteiger partial charge in [0.05, 0.1) is 17.5 Å². The standard InChI is InChI=1S/C18H26N6O/c1-11(2)21-17(25)15-10-20-24-6-5-14(8-16(15)24)9-19-18-22-12(3)7-13(4)23-18/h7,10-11,14H,5-6,8-9H2,1-4H3,(H,21,25)(H,19,22,23). The summed E-state index contributed by atoms with van der Waals surface area (Å²) in [7, 11) is 0. The van der Waals surface area contributed by atoms with Gasteiger partial charge in [0.2, 0.25) is 5.95 Å². The molecule has 0 fully saturated rings. The maximum absolute atomic E-state index is 12.3. The van der Waals surface area contributed by atoms with Crippen LogP contribution in [-0.2, 0) is 13.0 Å². The first kappa shape index (κ1) is 17.4. The number of nitrogens with zero attached hydrogens (tertiary/aromatic N) is 4. The predicted octanol–water partition coefficient (Wildman–Crippen LogP) is 2.10. The molecule has 2 N–H and O–H groups in total. The fraction of sp³-hybridized carbons (Fsp3) is 0.556. The topological polar surface area (TPSA) is 84.7 Å². The smallest absolute Gasteiger partial charge is 0.254 e. The van der Waals surface area contributed by atoms with Gasteiger partial charge in [-0.25, -0.2) is 9.97 Å². The maximum atomic E-state index is 12.3. The maximum Gasteiger partial charge on any atom is 0.254 e. The normalized spacial score (nSPS) is 16.6. The van der Waals surface area contributed by atoms with E-state index in [0.29, 0.717) is 17.4 Å². The molecule has 0 radical (unpaired) electrons. The Morgan fingerprint density at radius 3 is 2.72 bits per heavy atom. The fourth-order valence-electron chi connectivity index (χ4n) is 3.24. The van der Waals surface area contributed by atoms with Crippen molar-refractivity contribution in [1.29, 1.82) is 0 Å². The molecule has 1 aliphatic rings. The van der Waals surface area contributed by atoms with Crippen LogP contribution < -0.4 is 10.6 Å². The minimum absolute atomic E-state index is 0.0394. The van der Waals surface area contributed by atoms with E-state index in [0.717, 1.165) is 43.0 Å². The van der Waals surface area contributed by atoms with Crippen LogP contribution in [0.1, 0.15) is 47.7 Å². The Bertz CT molecular complexity index is 747. The van der Waals surface area contributed by atoms with Crippen LogP contribution in [0.3, 0.4) is 0 Å². The second-order valence-electron chi connectivity index (χ2n) is 7.07. The Morgan fingerprint density at radius 2 is 2.04 bits per heavy atom. The van der Waals surface area contributed by atoms with E-state index in [-0.39, 0.29) is 11.9 Å². The minimum Gasteiger partial charge on any atom is -0.354 e. The van der Waals surface area contributed by atoms with Crippen molar-refractivity contribution >= 4 is 11.9 Å². The van der Waals surface area contributed by atoms with Gasteiger partial charge in [-0.1, -0.05) is 0 Å². The van der Waals surface area contributed by atoms with E-state index in [1.54, 1.807) is 6.20 Å². The highest BCUT2D eigenvalue weighted by Crippen LogP contribution is 2.23. The van der Waals surface area contributed by atoms with Crippen molar-refractivity contribution < 1.29 is 4.79 Å². The van der Waals surface area contributed by atoms with Crippen molar-refractivity contribution in [3.63, 3.8) is 0 Å². The molecule has 3 rings (SSSR count). The van der Waals surface area contributed by atoms with Crippen molar-refractivity contribution in [3.8, 4) is 0 Å². The Kier molecular flexibility index (Phi) is 5.01. The zero-order valence-corrected chi connectivity index (χ0v) is 15.3. The summed E-state index contributed by atoms with van der Waals surface area (Å²) < 4.78 is 1.96. The molecule has 1 unspecified atom stereocenters. The van der Waals surface area contributed by atoms with Crippen molar-refractivity contribution in [1.82, 2.24) is 25.1 Å². The zero-order chi connectivity index (χ0) is 18.0. The van der Waals surface area contributed by atoms with Crippen LogP contribution in [0.4, 0.5) is 5.95 Å². The summed E-state index contributed by atoms with van der Waals surface area (Å²) in [5, 5.41) is 10.7. The molecule has 0 aliphatic carbocycles. The Morgan fingerprint density at radius 1 is 1.32 bits per heavy atom. The largest absolute Gasteiger partial charge is 0.354 e. The Hall–Kier alpha value is -2.44. The molecule has 7 nitrogen and oxygen atoms in total. The first-order chi connectivity index (χ1) is 11.9. The highest BCUT2D eigenvalue weighted by atomic mass is 16.1. The number of hydrogen-bond acceptors (Lipinski definition) is 5. The monoisotopic (exact) mass is 342 g/mol. The molecule has 1 amide bonds. The molecule has 2 aromatic rings. The van der Waals surface area contributed by atoms with E-state index in [1.165, 1.54) is 0 Å². The molecular formula is C18H26N6O. The fourth-order valence-corrected chi connectivity index (χ4v) is 3.24. The number of rotatable bonds is 5. The lowest BCUT2D eigenvalue weighted by atomic mass is 9.94. The number of carbonyl (C=O) groups is 1. The molecule has 0 bridgehead atoms. The first-order valence-corrected chi connectivity index (χ1v) is 8.84. The van der Waals surface area contributed by atoms with E-state index in [9.17, 15) is 4.79 Å². The number of fused-ring (bicyclic) bond motifs is 1. The molecule has 134 valence electrons. The van der Waals surface area contributed by atoms with Crippen LogP contribution >= 0.6 is 0 Å². The molecule has 0 saturated carbocycles. The van der Waals surface area contributed by atoms with Gasteiger partial charge in [-0.2, -0.15) is 5.10 Å². The predicted molar refractivity (Wildman–Crippen MR) is 96.6 cm³/mol. The van der Waals surface area contributed by atoms with Crippen LogP contribution in [0, 0.1) is 19.8 Å². The van der Waals surface area contributed by atoms with Crippen molar-refractivity contribution in [2.24, 2.45) is 5.92 Å². The van der Waals surface area contributed by atoms with Crippen LogP contribution in [-0.4, -0.2) is 38.2 Å². The third-order valence-electron chi connectivity index (χ3n) is 4.38. The first-order valence-electron chi connectivity index (χ1n) is 8.84. The van der Waals surface area contributed by atoms with Gasteiger partial charge in [0.1, 0.15) is 0 Å². The van der Waals surface area contributed by atoms with Gasteiger partial charge in [0.15, 0.2) is 0 Å². The summed E-state index contributed by atoms with van der Waals surface area (Å²) in [5.74, 6) is 1.07. The lowest BCUT2D eigenvalue weighted by Crippen LogP contribution is -2.32. The van der Waals surface area contributed by atoms with Gasteiger partial charge in [-0.05, 0) is 52.5 Å². The summed E-state index contributed by atoms with van der Waals surface area (Å²) in [6, 6.07) is 2.08. The molecule has 0 spiro atoms. The van der Waals surface area contributed by atoms with Crippen LogP contribution in [0.15, 0.2) is 12.3 Å². The summed E-state index contributed by atoms with van der Waals surface area (Å²) in [4.78, 5) is 21.2. The molecule has 1 atom stereocenters. The average molecular weight is 342 g/mol. The number of anilines is 1. The van der Waals surface area contributed by atoms with Gasteiger partial charge in [-0.3, -0.25) is 9.48 Å². The van der Waals surface area contributed by atoms with Gasteiger partial charge < -0.3 is 10.6 Å². The quantitative estimate of drug-likeness (QED) is 0.869. The average Bonchev–Trinajstić information content (AvgIpc) is 2.94. The van der Waals surface area contributed by atoms with Crippen molar-refractivity contribution in [2.45, 2.75) is 53.1 Å². The van der Waals surface area contributed by atoms with Gasteiger partial charge in [0, 0.05) is 30.5 Å². The minimum atomic E-state index is -0.0394.